The molecule has 2 N–H and O–H groups in total. The highest BCUT2D eigenvalue weighted by Crippen LogP contribution is 2.36. The number of nitrogens with two attached hydrogens (primary N) is 1. The maximum atomic E-state index is 14.2. The molecular weight excluding hydrogens is 487 g/mol. The van der Waals surface area contributed by atoms with Crippen molar-refractivity contribution in [1.29, 1.82) is 5.26 Å². The average Bonchev–Trinajstić information content (AvgIpc) is 3.30. The Morgan fingerprint density at radius 1 is 1.18 bits per heavy atom. The molecule has 4 aromatic rings. The second-order valence-electron chi connectivity index (χ2n) is 7.83. The third-order valence-electron chi connectivity index (χ3n) is 5.71. The van der Waals surface area contributed by atoms with Crippen LogP contribution in [0.4, 0.5) is 10.2 Å². The summed E-state index contributed by atoms with van der Waals surface area (Å²) >= 11 is 0. The molecule has 3 aromatic heterocycles. The first-order chi connectivity index (χ1) is 18.0. The van der Waals surface area contributed by atoms with Crippen molar-refractivity contribution in [2.24, 2.45) is 0 Å². The number of ketones is 1. The number of carbonyl (C=O) groups excluding carboxylic acids is 1. The monoisotopic (exact) mass is 516 g/mol. The van der Waals surface area contributed by atoms with Crippen LogP contribution in [-0.2, 0) is 17.9 Å². The summed E-state index contributed by atoms with van der Waals surface area (Å²) in [4.78, 5) is 22.6. The Morgan fingerprint density at radius 3 is 2.71 bits per heavy atom. The van der Waals surface area contributed by atoms with Crippen molar-refractivity contribution in [3.63, 3.8) is 0 Å². The molecule has 0 atom stereocenters. The summed E-state index contributed by atoms with van der Waals surface area (Å²) in [5.74, 6) is -0.557. The Bertz CT molecular complexity index is 1510. The zero-order chi connectivity index (χ0) is 26.5. The van der Waals surface area contributed by atoms with E-state index in [-0.39, 0.29) is 55.7 Å². The molecule has 1 aliphatic heterocycles. The van der Waals surface area contributed by atoms with Crippen molar-refractivity contribution >= 4 is 11.6 Å². The van der Waals surface area contributed by atoms with E-state index in [1.807, 2.05) is 13.8 Å². The summed E-state index contributed by atoms with van der Waals surface area (Å²) in [6.07, 6.45) is 3.01. The fraction of sp³-hybridized carbons (Fsp3) is 0.250. The van der Waals surface area contributed by atoms with Crippen molar-refractivity contribution in [1.82, 2.24) is 19.7 Å². The molecule has 9 nitrogen and oxygen atoms in total. The van der Waals surface area contributed by atoms with Crippen LogP contribution in [0.25, 0.3) is 22.4 Å². The molecule has 4 heterocycles. The molecule has 1 aromatic carbocycles. The lowest BCUT2D eigenvalue weighted by molar-refractivity contribution is 0.103. The maximum Gasteiger partial charge on any atom is 0.216 e. The molecule has 0 saturated carbocycles. The Hall–Kier alpha value is -4.62. The highest BCUT2D eigenvalue weighted by atomic mass is 19.1. The van der Waals surface area contributed by atoms with Crippen molar-refractivity contribution < 1.29 is 18.7 Å². The van der Waals surface area contributed by atoms with Gasteiger partial charge in [0.25, 0.3) is 0 Å². The van der Waals surface area contributed by atoms with Crippen LogP contribution in [0.15, 0.2) is 48.8 Å². The first-order valence-electron chi connectivity index (χ1n) is 11.7. The molecule has 0 spiro atoms. The van der Waals surface area contributed by atoms with Crippen LogP contribution < -0.4 is 10.5 Å². The minimum absolute atomic E-state index is 0. The number of ether oxygens (including phenoxy) is 2. The number of rotatable bonds is 3. The van der Waals surface area contributed by atoms with Crippen molar-refractivity contribution in [2.75, 3.05) is 19.5 Å². The molecule has 196 valence electrons. The second kappa shape index (κ2) is 12.1. The second-order valence-corrected chi connectivity index (χ2v) is 7.83. The number of nitrogen functional groups attached to an aromatic ring is 1. The maximum absolute atomic E-state index is 14.2. The zero-order valence-electron chi connectivity index (χ0n) is 20.7. The molecule has 0 saturated heterocycles. The Morgan fingerprint density at radius 2 is 1.97 bits per heavy atom. The van der Waals surface area contributed by atoms with Crippen LogP contribution in [0.1, 0.15) is 48.6 Å². The SMILES string of the molecule is C.CC.COCCn1nc2c(c1C#N)-c1cnc(N)c(c1)OCc1cc(F)ccc1-c1ncccc1C2=O. The van der Waals surface area contributed by atoms with Crippen LogP contribution in [0, 0.1) is 17.1 Å². The van der Waals surface area contributed by atoms with Gasteiger partial charge >= 0.3 is 0 Å². The minimum atomic E-state index is -0.457. The molecule has 0 unspecified atom stereocenters. The van der Waals surface area contributed by atoms with E-state index in [0.717, 1.165) is 0 Å². The molecule has 5 rings (SSSR count). The predicted molar refractivity (Wildman–Crippen MR) is 142 cm³/mol. The van der Waals surface area contributed by atoms with Gasteiger partial charge in [-0.25, -0.2) is 9.37 Å². The molecular formula is C28H29FN6O3. The smallest absolute Gasteiger partial charge is 0.216 e. The van der Waals surface area contributed by atoms with Gasteiger partial charge in [-0.1, -0.05) is 21.3 Å². The number of hydrogen-bond acceptors (Lipinski definition) is 8. The van der Waals surface area contributed by atoms with E-state index in [1.54, 1.807) is 30.5 Å². The number of benzene rings is 1. The molecule has 0 radical (unpaired) electrons. The number of hydrogen-bond donors (Lipinski definition) is 1. The number of pyridine rings is 2. The van der Waals surface area contributed by atoms with Gasteiger partial charge in [0.15, 0.2) is 11.6 Å². The normalized spacial score (nSPS) is 11.5. The molecule has 1 aliphatic rings. The largest absolute Gasteiger partial charge is 0.485 e. The summed E-state index contributed by atoms with van der Waals surface area (Å²) in [5.41, 5.74) is 8.61. The first-order valence-corrected chi connectivity index (χ1v) is 11.7. The number of carbonyl (C=O) groups is 1. The van der Waals surface area contributed by atoms with Gasteiger partial charge in [0.1, 0.15) is 29.9 Å². The number of nitrogens with zero attached hydrogens (tertiary/aromatic N) is 5. The van der Waals surface area contributed by atoms with E-state index in [0.29, 0.717) is 27.9 Å². The fourth-order valence-electron chi connectivity index (χ4n) is 4.05. The topological polar surface area (TPSA) is 129 Å². The van der Waals surface area contributed by atoms with E-state index in [9.17, 15) is 14.4 Å². The lowest BCUT2D eigenvalue weighted by Crippen LogP contribution is -2.11. The van der Waals surface area contributed by atoms with E-state index in [2.05, 4.69) is 21.1 Å². The summed E-state index contributed by atoms with van der Waals surface area (Å²) in [7, 11) is 1.54. The van der Waals surface area contributed by atoms with Crippen LogP contribution in [0.3, 0.4) is 0 Å². The van der Waals surface area contributed by atoms with Gasteiger partial charge in [0.05, 0.1) is 30.0 Å². The number of anilines is 1. The quantitative estimate of drug-likeness (QED) is 0.401. The van der Waals surface area contributed by atoms with E-state index >= 15 is 0 Å². The molecule has 0 aliphatic carbocycles. The van der Waals surface area contributed by atoms with Crippen molar-refractivity contribution in [2.45, 2.75) is 34.4 Å². The third-order valence-corrected chi connectivity index (χ3v) is 5.71. The molecule has 2 bridgehead atoms. The van der Waals surface area contributed by atoms with Gasteiger partial charge in [-0.05, 0) is 36.4 Å². The standard InChI is InChI=1S/C25H19FN6O3.C2H6.CH4/c1-34-8-7-32-19(11-27)21-14-10-20(25(28)30-12-14)35-13-15-9-16(26)4-5-17(15)22-18(3-2-6-29-22)24(33)23(21)31-32;1-2;/h2-6,9-10,12H,7-8,13H2,1H3,(H2,28,30);1-2H3;1H4. The summed E-state index contributed by atoms with van der Waals surface area (Å²) in [5, 5.41) is 14.5. The van der Waals surface area contributed by atoms with Gasteiger partial charge in [0, 0.05) is 36.2 Å². The number of halogens is 1. The van der Waals surface area contributed by atoms with Gasteiger partial charge in [-0.3, -0.25) is 14.5 Å². The number of nitriles is 1. The van der Waals surface area contributed by atoms with Gasteiger partial charge in [-0.15, -0.1) is 0 Å². The molecule has 0 amide bonds. The van der Waals surface area contributed by atoms with E-state index in [1.165, 1.54) is 30.1 Å². The van der Waals surface area contributed by atoms with Crippen LogP contribution in [0.2, 0.25) is 0 Å². The number of fused-ring (bicyclic) bond motifs is 7. The Kier molecular flexibility index (Phi) is 8.89. The van der Waals surface area contributed by atoms with Crippen LogP contribution in [0.5, 0.6) is 5.75 Å². The Balaban J connectivity index is 0.00000130. The van der Waals surface area contributed by atoms with Crippen molar-refractivity contribution in [3.05, 3.63) is 77.1 Å². The minimum Gasteiger partial charge on any atom is -0.485 e. The van der Waals surface area contributed by atoms with Crippen LogP contribution in [-0.4, -0.2) is 39.2 Å². The molecule has 10 heteroatoms. The zero-order valence-corrected chi connectivity index (χ0v) is 20.7. The summed E-state index contributed by atoms with van der Waals surface area (Å²) < 4.78 is 26.7. The fourth-order valence-corrected chi connectivity index (χ4v) is 4.05. The number of methoxy groups -OCH3 is 1. The predicted octanol–water partition coefficient (Wildman–Crippen LogP) is 5.03. The highest BCUT2D eigenvalue weighted by molar-refractivity contribution is 6.15. The lowest BCUT2D eigenvalue weighted by atomic mass is 9.94. The van der Waals surface area contributed by atoms with Crippen molar-refractivity contribution in [3.8, 4) is 34.2 Å². The average molecular weight is 517 g/mol. The molecule has 38 heavy (non-hydrogen) atoms. The van der Waals surface area contributed by atoms with Gasteiger partial charge in [-0.2, -0.15) is 10.4 Å². The van der Waals surface area contributed by atoms with E-state index in [4.69, 9.17) is 15.2 Å². The lowest BCUT2D eigenvalue weighted by Gasteiger charge is -2.16. The van der Waals surface area contributed by atoms with Gasteiger partial charge in [0.2, 0.25) is 5.78 Å². The van der Waals surface area contributed by atoms with Crippen LogP contribution >= 0.6 is 0 Å². The van der Waals surface area contributed by atoms with Gasteiger partial charge < -0.3 is 15.2 Å². The number of aromatic nitrogens is 4. The first kappa shape index (κ1) is 28.0. The Labute approximate surface area is 220 Å². The highest BCUT2D eigenvalue weighted by Gasteiger charge is 2.29. The molecule has 0 fully saturated rings. The summed E-state index contributed by atoms with van der Waals surface area (Å²) in [6, 6.07) is 11.2. The summed E-state index contributed by atoms with van der Waals surface area (Å²) in [6.45, 7) is 4.50. The van der Waals surface area contributed by atoms with E-state index < -0.39 is 11.6 Å². The third kappa shape index (κ3) is 5.10.